The summed E-state index contributed by atoms with van der Waals surface area (Å²) in [7, 11) is 0. The van der Waals surface area contributed by atoms with E-state index in [0.717, 1.165) is 19.3 Å². The van der Waals surface area contributed by atoms with Gasteiger partial charge in [-0.3, -0.25) is 14.4 Å². The van der Waals surface area contributed by atoms with E-state index in [1.54, 1.807) is 18.2 Å². The molecule has 0 aliphatic heterocycles. The fourth-order valence-corrected chi connectivity index (χ4v) is 4.05. The highest BCUT2D eigenvalue weighted by atomic mass is 16.2. The van der Waals surface area contributed by atoms with Crippen molar-refractivity contribution >= 4 is 16.9 Å². The van der Waals surface area contributed by atoms with Crippen LogP contribution in [0.15, 0.2) is 58.1 Å². The molecule has 2 aromatic carbocycles. The van der Waals surface area contributed by atoms with Crippen LogP contribution < -0.4 is 16.4 Å². The molecule has 0 radical (unpaired) electrons. The number of nitrogens with one attached hydrogen (secondary N) is 2. The molecule has 0 atom stereocenters. The summed E-state index contributed by atoms with van der Waals surface area (Å²) >= 11 is 0. The smallest absolute Gasteiger partial charge is 0.316 e. The second-order valence-corrected chi connectivity index (χ2v) is 7.42. The second kappa shape index (κ2) is 7.11. The summed E-state index contributed by atoms with van der Waals surface area (Å²) in [6, 6.07) is 15.3. The number of carbonyl (C=O) groups is 1. The molecule has 6 heteroatoms. The Hall–Kier alpha value is -3.15. The van der Waals surface area contributed by atoms with Gasteiger partial charge in [0.25, 0.3) is 5.91 Å². The maximum Gasteiger partial charge on any atom is 0.316 e. The molecule has 1 fully saturated rings. The summed E-state index contributed by atoms with van der Waals surface area (Å²) in [5, 5.41) is 3.06. The Kier molecular flexibility index (Phi) is 4.63. The number of carbonyl (C=O) groups excluding carboxylic acids is 1. The second-order valence-electron chi connectivity index (χ2n) is 7.42. The van der Waals surface area contributed by atoms with Crippen molar-refractivity contribution in [3.63, 3.8) is 0 Å². The van der Waals surface area contributed by atoms with Crippen LogP contribution in [0.1, 0.15) is 42.1 Å². The van der Waals surface area contributed by atoms with E-state index in [4.69, 9.17) is 0 Å². The van der Waals surface area contributed by atoms with Gasteiger partial charge in [0.2, 0.25) is 0 Å². The van der Waals surface area contributed by atoms with Crippen molar-refractivity contribution in [1.82, 2.24) is 14.9 Å². The summed E-state index contributed by atoms with van der Waals surface area (Å²) in [5.41, 5.74) is 1.57. The molecule has 1 heterocycles. The summed E-state index contributed by atoms with van der Waals surface area (Å²) in [5.74, 6) is -0.181. The van der Waals surface area contributed by atoms with Crippen LogP contribution in [0, 0.1) is 0 Å². The zero-order valence-electron chi connectivity index (χ0n) is 15.8. The highest BCUT2D eigenvalue weighted by Gasteiger charge is 2.38. The fourth-order valence-electron chi connectivity index (χ4n) is 4.05. The van der Waals surface area contributed by atoms with Crippen molar-refractivity contribution in [2.45, 2.75) is 38.1 Å². The molecule has 0 saturated heterocycles. The molecule has 1 aromatic heterocycles. The van der Waals surface area contributed by atoms with Gasteiger partial charge in [0.1, 0.15) is 0 Å². The minimum atomic E-state index is -0.676. The van der Waals surface area contributed by atoms with E-state index < -0.39 is 11.1 Å². The standard InChI is InChI=1S/C22H23N3O3/c1-2-25-18-10-9-15(13-17(18)24-20(27)21(25)28)19(26)23-14-22(11-6-12-22)16-7-4-3-5-8-16/h3-5,7-10,13H,2,6,11-12,14H2,1H3,(H,23,26)(H,24,27). The Morgan fingerprint density at radius 3 is 2.54 bits per heavy atom. The minimum absolute atomic E-state index is 0.00473. The van der Waals surface area contributed by atoms with E-state index >= 15 is 0 Å². The number of nitrogens with zero attached hydrogens (tertiary/aromatic N) is 1. The molecule has 1 aliphatic rings. The van der Waals surface area contributed by atoms with Crippen molar-refractivity contribution in [2.24, 2.45) is 0 Å². The molecule has 2 N–H and O–H groups in total. The summed E-state index contributed by atoms with van der Waals surface area (Å²) in [6.07, 6.45) is 3.28. The van der Waals surface area contributed by atoms with E-state index in [-0.39, 0.29) is 11.3 Å². The number of aromatic amines is 1. The van der Waals surface area contributed by atoms with Gasteiger partial charge in [-0.15, -0.1) is 0 Å². The Morgan fingerprint density at radius 1 is 1.14 bits per heavy atom. The van der Waals surface area contributed by atoms with Crippen molar-refractivity contribution in [3.8, 4) is 0 Å². The van der Waals surface area contributed by atoms with Gasteiger partial charge in [-0.2, -0.15) is 0 Å². The SMILES string of the molecule is CCn1c(=O)c(=O)[nH]c2cc(C(=O)NCC3(c4ccccc4)CCC3)ccc21. The van der Waals surface area contributed by atoms with Gasteiger partial charge in [0.15, 0.2) is 0 Å². The summed E-state index contributed by atoms with van der Waals surface area (Å²) in [4.78, 5) is 39.1. The lowest BCUT2D eigenvalue weighted by atomic mass is 9.64. The van der Waals surface area contributed by atoms with Crippen LogP contribution in [0.3, 0.4) is 0 Å². The molecule has 3 aromatic rings. The maximum absolute atomic E-state index is 12.7. The largest absolute Gasteiger partial charge is 0.351 e. The zero-order valence-corrected chi connectivity index (χ0v) is 15.8. The first-order chi connectivity index (χ1) is 13.5. The number of aryl methyl sites for hydroxylation is 1. The quantitative estimate of drug-likeness (QED) is 0.670. The van der Waals surface area contributed by atoms with Gasteiger partial charge < -0.3 is 14.9 Å². The zero-order chi connectivity index (χ0) is 19.7. The van der Waals surface area contributed by atoms with Crippen LogP contribution in [0.25, 0.3) is 11.0 Å². The number of benzene rings is 2. The third-order valence-electron chi connectivity index (χ3n) is 5.84. The monoisotopic (exact) mass is 377 g/mol. The first-order valence-electron chi connectivity index (χ1n) is 9.65. The van der Waals surface area contributed by atoms with Crippen LogP contribution in [0.2, 0.25) is 0 Å². The highest BCUT2D eigenvalue weighted by Crippen LogP contribution is 2.43. The molecular weight excluding hydrogens is 354 g/mol. The normalized spacial score (nSPS) is 15.2. The molecule has 28 heavy (non-hydrogen) atoms. The van der Waals surface area contributed by atoms with E-state index in [0.29, 0.717) is 29.7 Å². The molecule has 1 saturated carbocycles. The lowest BCUT2D eigenvalue weighted by molar-refractivity contribution is 0.0928. The summed E-state index contributed by atoms with van der Waals surface area (Å²) in [6.45, 7) is 2.78. The number of fused-ring (bicyclic) bond motifs is 1. The molecule has 0 spiro atoms. The Labute approximate surface area is 162 Å². The van der Waals surface area contributed by atoms with Crippen LogP contribution in [-0.4, -0.2) is 22.0 Å². The lowest BCUT2D eigenvalue weighted by Crippen LogP contribution is -2.45. The van der Waals surface area contributed by atoms with Crippen LogP contribution in [-0.2, 0) is 12.0 Å². The summed E-state index contributed by atoms with van der Waals surface area (Å²) < 4.78 is 1.41. The molecule has 0 unspecified atom stereocenters. The van der Waals surface area contributed by atoms with Crippen LogP contribution in [0.5, 0.6) is 0 Å². The van der Waals surface area contributed by atoms with E-state index in [1.165, 1.54) is 10.1 Å². The predicted octanol–water partition coefficient (Wildman–Crippen LogP) is 2.56. The van der Waals surface area contributed by atoms with Gasteiger partial charge in [-0.25, -0.2) is 0 Å². The molecular formula is C22H23N3O3. The average molecular weight is 377 g/mol. The van der Waals surface area contributed by atoms with E-state index in [9.17, 15) is 14.4 Å². The van der Waals surface area contributed by atoms with E-state index in [1.807, 2.05) is 25.1 Å². The maximum atomic E-state index is 12.7. The molecule has 0 bridgehead atoms. The van der Waals surface area contributed by atoms with Gasteiger partial charge in [-0.1, -0.05) is 36.8 Å². The Bertz CT molecular complexity index is 1140. The van der Waals surface area contributed by atoms with Crippen molar-refractivity contribution in [3.05, 3.63) is 80.4 Å². The third kappa shape index (κ3) is 3.05. The number of hydrogen-bond acceptors (Lipinski definition) is 3. The average Bonchev–Trinajstić information content (AvgIpc) is 2.68. The highest BCUT2D eigenvalue weighted by molar-refractivity contribution is 5.97. The number of rotatable bonds is 5. The topological polar surface area (TPSA) is 84.0 Å². The fraction of sp³-hybridized carbons (Fsp3) is 0.318. The number of H-pyrrole nitrogens is 1. The Balaban J connectivity index is 1.58. The molecule has 6 nitrogen and oxygen atoms in total. The minimum Gasteiger partial charge on any atom is -0.351 e. The van der Waals surface area contributed by atoms with Crippen molar-refractivity contribution in [1.29, 1.82) is 0 Å². The van der Waals surface area contributed by atoms with Crippen molar-refractivity contribution < 1.29 is 4.79 Å². The number of aromatic nitrogens is 2. The first-order valence-corrected chi connectivity index (χ1v) is 9.65. The van der Waals surface area contributed by atoms with Gasteiger partial charge in [0.05, 0.1) is 11.0 Å². The molecule has 144 valence electrons. The van der Waals surface area contributed by atoms with Crippen LogP contribution in [0.4, 0.5) is 0 Å². The third-order valence-corrected chi connectivity index (χ3v) is 5.84. The van der Waals surface area contributed by atoms with Gasteiger partial charge in [-0.05, 0) is 43.5 Å². The Morgan fingerprint density at radius 2 is 1.89 bits per heavy atom. The first kappa shape index (κ1) is 18.2. The number of hydrogen-bond donors (Lipinski definition) is 2. The van der Waals surface area contributed by atoms with Gasteiger partial charge in [0, 0.05) is 24.1 Å². The molecule has 1 amide bonds. The van der Waals surface area contributed by atoms with Crippen LogP contribution >= 0.6 is 0 Å². The predicted molar refractivity (Wildman–Crippen MR) is 109 cm³/mol. The molecule has 4 rings (SSSR count). The molecule has 1 aliphatic carbocycles. The van der Waals surface area contributed by atoms with Crippen molar-refractivity contribution in [2.75, 3.05) is 6.54 Å². The lowest BCUT2D eigenvalue weighted by Gasteiger charge is -2.42. The van der Waals surface area contributed by atoms with E-state index in [2.05, 4.69) is 22.4 Å². The van der Waals surface area contributed by atoms with Gasteiger partial charge >= 0.3 is 11.1 Å². The number of amides is 1.